The van der Waals surface area contributed by atoms with Crippen LogP contribution in [0.1, 0.15) is 46.5 Å². The van der Waals surface area contributed by atoms with E-state index >= 15 is 0 Å². The van der Waals surface area contributed by atoms with Crippen LogP contribution in [0, 0.1) is 26.7 Å². The van der Waals surface area contributed by atoms with Gasteiger partial charge < -0.3 is 10.1 Å². The number of nitrogens with one attached hydrogen (secondary N) is 1. The molecule has 1 fully saturated rings. The molecule has 2 aromatic rings. The van der Waals surface area contributed by atoms with Crippen molar-refractivity contribution in [1.29, 1.82) is 0 Å². The van der Waals surface area contributed by atoms with Crippen molar-refractivity contribution in [3.05, 3.63) is 58.4 Å². The second-order valence-corrected chi connectivity index (χ2v) is 5.78. The minimum atomic E-state index is -0.363. The number of aliphatic hydroxyl groups excluding tert-OH is 1. The summed E-state index contributed by atoms with van der Waals surface area (Å²) in [5.41, 5.74) is 6.01. The molecule has 1 heterocycles. The summed E-state index contributed by atoms with van der Waals surface area (Å²) in [6.07, 6.45) is 0.722. The van der Waals surface area contributed by atoms with E-state index in [0.717, 1.165) is 12.1 Å². The highest BCUT2D eigenvalue weighted by Crippen LogP contribution is 2.54. The van der Waals surface area contributed by atoms with Crippen LogP contribution in [0.3, 0.4) is 0 Å². The lowest BCUT2D eigenvalue weighted by molar-refractivity contribution is 0.146. The fourth-order valence-corrected chi connectivity index (χ4v) is 3.03. The van der Waals surface area contributed by atoms with Gasteiger partial charge in [0.1, 0.15) is 0 Å². The predicted octanol–water partition coefficient (Wildman–Crippen LogP) is 3.78. The van der Waals surface area contributed by atoms with E-state index < -0.39 is 0 Å². The molecule has 0 bridgehead atoms. The Morgan fingerprint density at radius 3 is 2.37 bits per heavy atom. The molecule has 0 saturated heterocycles. The Morgan fingerprint density at radius 1 is 1.11 bits per heavy atom. The monoisotopic (exact) mass is 255 g/mol. The van der Waals surface area contributed by atoms with Crippen LogP contribution < -0.4 is 0 Å². The molecule has 1 aromatic heterocycles. The van der Waals surface area contributed by atoms with Gasteiger partial charge in [0.05, 0.1) is 6.10 Å². The number of aliphatic hydroxyl groups is 1. The summed E-state index contributed by atoms with van der Waals surface area (Å²) >= 11 is 0. The molecule has 1 aliphatic rings. The number of aromatic nitrogens is 1. The van der Waals surface area contributed by atoms with Gasteiger partial charge in [-0.15, -0.1) is 0 Å². The Morgan fingerprint density at radius 2 is 1.79 bits per heavy atom. The lowest BCUT2D eigenvalue weighted by Crippen LogP contribution is -2.03. The lowest BCUT2D eigenvalue weighted by atomic mass is 10.0. The van der Waals surface area contributed by atoms with Gasteiger partial charge in [-0.2, -0.15) is 0 Å². The van der Waals surface area contributed by atoms with Crippen molar-refractivity contribution in [2.45, 2.75) is 39.2 Å². The molecule has 2 heteroatoms. The third kappa shape index (κ3) is 2.10. The first-order valence-corrected chi connectivity index (χ1v) is 6.98. The average molecular weight is 255 g/mol. The molecular formula is C17H21NO. The van der Waals surface area contributed by atoms with Crippen molar-refractivity contribution in [3.8, 4) is 0 Å². The maximum absolute atomic E-state index is 10.6. The highest BCUT2D eigenvalue weighted by molar-refractivity contribution is 5.37. The van der Waals surface area contributed by atoms with Crippen molar-refractivity contribution in [3.63, 3.8) is 0 Å². The zero-order valence-corrected chi connectivity index (χ0v) is 11.8. The highest BCUT2D eigenvalue weighted by atomic mass is 16.3. The quantitative estimate of drug-likeness (QED) is 0.860. The van der Waals surface area contributed by atoms with E-state index in [1.807, 2.05) is 6.07 Å². The van der Waals surface area contributed by atoms with E-state index in [2.05, 4.69) is 50.0 Å². The van der Waals surface area contributed by atoms with E-state index in [-0.39, 0.29) is 6.10 Å². The standard InChI is InChI=1S/C17H21NO/c1-10-11(2)16(18-12(10)3)17(19)15-9-14(15)13-7-5-4-6-8-13/h4-8,14-15,17-19H,9H2,1-3H3. The van der Waals surface area contributed by atoms with E-state index in [0.29, 0.717) is 11.8 Å². The summed E-state index contributed by atoms with van der Waals surface area (Å²) in [5.74, 6) is 0.873. The van der Waals surface area contributed by atoms with Crippen LogP contribution in [0.25, 0.3) is 0 Å². The number of hydrogen-bond acceptors (Lipinski definition) is 1. The third-order valence-corrected chi connectivity index (χ3v) is 4.62. The fraction of sp³-hybridized carbons (Fsp3) is 0.412. The van der Waals surface area contributed by atoms with Gasteiger partial charge in [0, 0.05) is 11.4 Å². The number of rotatable bonds is 3. The van der Waals surface area contributed by atoms with Crippen molar-refractivity contribution in [2.24, 2.45) is 5.92 Å². The maximum atomic E-state index is 10.6. The number of hydrogen-bond donors (Lipinski definition) is 2. The Hall–Kier alpha value is -1.54. The molecule has 1 aliphatic carbocycles. The molecule has 100 valence electrons. The fourth-order valence-electron chi connectivity index (χ4n) is 3.03. The topological polar surface area (TPSA) is 36.0 Å². The largest absolute Gasteiger partial charge is 0.387 e. The SMILES string of the molecule is Cc1[nH]c(C(O)C2CC2c2ccccc2)c(C)c1C. The highest BCUT2D eigenvalue weighted by Gasteiger charge is 2.44. The number of aromatic amines is 1. The van der Waals surface area contributed by atoms with Crippen LogP contribution in [0.4, 0.5) is 0 Å². The molecule has 2 nitrogen and oxygen atoms in total. The van der Waals surface area contributed by atoms with Crippen LogP contribution >= 0.6 is 0 Å². The van der Waals surface area contributed by atoms with E-state index in [9.17, 15) is 5.11 Å². The van der Waals surface area contributed by atoms with Crippen molar-refractivity contribution in [1.82, 2.24) is 4.98 Å². The van der Waals surface area contributed by atoms with Crippen LogP contribution in [0.15, 0.2) is 30.3 Å². The van der Waals surface area contributed by atoms with Crippen molar-refractivity contribution >= 4 is 0 Å². The Labute approximate surface area is 114 Å². The number of H-pyrrole nitrogens is 1. The van der Waals surface area contributed by atoms with Crippen LogP contribution in [-0.2, 0) is 0 Å². The molecule has 1 saturated carbocycles. The molecule has 0 radical (unpaired) electrons. The first-order chi connectivity index (χ1) is 9.09. The molecule has 1 aromatic carbocycles. The normalized spacial score (nSPS) is 23.4. The summed E-state index contributed by atoms with van der Waals surface area (Å²) in [6, 6.07) is 10.5. The van der Waals surface area contributed by atoms with Crippen LogP contribution in [0.5, 0.6) is 0 Å². The Kier molecular flexibility index (Phi) is 2.98. The van der Waals surface area contributed by atoms with Crippen molar-refractivity contribution in [2.75, 3.05) is 0 Å². The number of aryl methyl sites for hydroxylation is 1. The summed E-state index contributed by atoms with van der Waals surface area (Å²) in [4.78, 5) is 3.36. The van der Waals surface area contributed by atoms with Gasteiger partial charge in [-0.1, -0.05) is 30.3 Å². The van der Waals surface area contributed by atoms with Gasteiger partial charge in [0.15, 0.2) is 0 Å². The molecule has 2 N–H and O–H groups in total. The summed E-state index contributed by atoms with van der Waals surface area (Å²) < 4.78 is 0. The molecule has 3 rings (SSSR count). The minimum Gasteiger partial charge on any atom is -0.387 e. The average Bonchev–Trinajstić information content (AvgIpc) is 3.19. The Bertz CT molecular complexity index is 585. The lowest BCUT2D eigenvalue weighted by Gasteiger charge is -2.10. The molecule has 0 aliphatic heterocycles. The predicted molar refractivity (Wildman–Crippen MR) is 77.3 cm³/mol. The maximum Gasteiger partial charge on any atom is 0.0974 e. The van der Waals surface area contributed by atoms with E-state index in [1.165, 1.54) is 22.4 Å². The zero-order chi connectivity index (χ0) is 13.6. The van der Waals surface area contributed by atoms with E-state index in [4.69, 9.17) is 0 Å². The van der Waals surface area contributed by atoms with Crippen molar-refractivity contribution < 1.29 is 5.11 Å². The van der Waals surface area contributed by atoms with Gasteiger partial charge in [0.25, 0.3) is 0 Å². The molecule has 3 unspecified atom stereocenters. The minimum absolute atomic E-state index is 0.360. The third-order valence-electron chi connectivity index (χ3n) is 4.62. The van der Waals surface area contributed by atoms with Gasteiger partial charge in [-0.05, 0) is 55.7 Å². The molecule has 19 heavy (non-hydrogen) atoms. The first-order valence-electron chi connectivity index (χ1n) is 6.98. The van der Waals surface area contributed by atoms with Crippen LogP contribution in [-0.4, -0.2) is 10.1 Å². The second kappa shape index (κ2) is 4.53. The smallest absolute Gasteiger partial charge is 0.0974 e. The van der Waals surface area contributed by atoms with Crippen LogP contribution in [0.2, 0.25) is 0 Å². The zero-order valence-electron chi connectivity index (χ0n) is 11.8. The second-order valence-electron chi connectivity index (χ2n) is 5.78. The van der Waals surface area contributed by atoms with Gasteiger partial charge in [-0.25, -0.2) is 0 Å². The van der Waals surface area contributed by atoms with Gasteiger partial charge in [0.2, 0.25) is 0 Å². The summed E-state index contributed by atoms with van der Waals surface area (Å²) in [7, 11) is 0. The van der Waals surface area contributed by atoms with Gasteiger partial charge in [-0.3, -0.25) is 0 Å². The molecular weight excluding hydrogens is 234 g/mol. The van der Waals surface area contributed by atoms with E-state index in [1.54, 1.807) is 0 Å². The Balaban J connectivity index is 1.80. The first kappa shape index (κ1) is 12.5. The summed E-state index contributed by atoms with van der Waals surface area (Å²) in [5, 5.41) is 10.6. The molecule has 3 atom stereocenters. The van der Waals surface area contributed by atoms with Gasteiger partial charge >= 0.3 is 0 Å². The summed E-state index contributed by atoms with van der Waals surface area (Å²) in [6.45, 7) is 6.27. The number of benzene rings is 1. The molecule has 0 amide bonds. The molecule has 0 spiro atoms.